The number of Topliss-reactive ketones (excluding diaryl/α,β-unsaturated/α-hetero) is 1. The standard InChI is InChI=1S/C15H15NO2S/c1-10-8-14(19-11(10)2)15(18)16-9-13(17)12-6-4-3-5-7-12/h3-8H,9H2,1-2H3,(H,16,18). The van der Waals surface area contributed by atoms with Gasteiger partial charge in [-0.3, -0.25) is 9.59 Å². The van der Waals surface area contributed by atoms with Crippen molar-refractivity contribution in [3.05, 3.63) is 57.3 Å². The lowest BCUT2D eigenvalue weighted by Crippen LogP contribution is -2.28. The molecule has 0 saturated carbocycles. The number of thiophene rings is 1. The fourth-order valence-corrected chi connectivity index (χ4v) is 2.61. The number of aryl methyl sites for hydroxylation is 2. The third-order valence-corrected chi connectivity index (χ3v) is 4.05. The highest BCUT2D eigenvalue weighted by Crippen LogP contribution is 2.20. The number of nitrogens with one attached hydrogen (secondary N) is 1. The van der Waals surface area contributed by atoms with Crippen LogP contribution in [0.3, 0.4) is 0 Å². The Kier molecular flexibility index (Phi) is 4.12. The highest BCUT2D eigenvalue weighted by atomic mass is 32.1. The normalized spacial score (nSPS) is 10.2. The Labute approximate surface area is 116 Å². The van der Waals surface area contributed by atoms with Crippen LogP contribution in [0.25, 0.3) is 0 Å². The lowest BCUT2D eigenvalue weighted by molar-refractivity contribution is 0.0906. The van der Waals surface area contributed by atoms with Crippen LogP contribution < -0.4 is 5.32 Å². The average molecular weight is 273 g/mol. The van der Waals surface area contributed by atoms with Crippen molar-refractivity contribution in [1.29, 1.82) is 0 Å². The van der Waals surface area contributed by atoms with Crippen LogP contribution >= 0.6 is 11.3 Å². The van der Waals surface area contributed by atoms with E-state index in [9.17, 15) is 9.59 Å². The summed E-state index contributed by atoms with van der Waals surface area (Å²) in [5.74, 6) is -0.274. The van der Waals surface area contributed by atoms with Gasteiger partial charge in [0.2, 0.25) is 0 Å². The summed E-state index contributed by atoms with van der Waals surface area (Å²) < 4.78 is 0. The zero-order chi connectivity index (χ0) is 13.8. The van der Waals surface area contributed by atoms with E-state index in [4.69, 9.17) is 0 Å². The molecule has 98 valence electrons. The molecule has 0 aliphatic heterocycles. The van der Waals surface area contributed by atoms with Gasteiger partial charge < -0.3 is 5.32 Å². The molecular formula is C15H15NO2S. The molecule has 4 heteroatoms. The first-order valence-electron chi connectivity index (χ1n) is 6.01. The summed E-state index contributed by atoms with van der Waals surface area (Å²) in [6.45, 7) is 3.97. The quantitative estimate of drug-likeness (QED) is 0.870. The molecule has 0 aliphatic carbocycles. The molecule has 1 aromatic heterocycles. The van der Waals surface area contributed by atoms with Crippen molar-refractivity contribution in [2.75, 3.05) is 6.54 Å². The Hall–Kier alpha value is -1.94. The van der Waals surface area contributed by atoms with Crippen LogP contribution in [0.4, 0.5) is 0 Å². The predicted octanol–water partition coefficient (Wildman–Crippen LogP) is 2.98. The van der Waals surface area contributed by atoms with E-state index in [1.165, 1.54) is 11.3 Å². The van der Waals surface area contributed by atoms with Crippen LogP contribution in [0.15, 0.2) is 36.4 Å². The number of amides is 1. The molecule has 0 fully saturated rings. The average Bonchev–Trinajstić information content (AvgIpc) is 2.77. The van der Waals surface area contributed by atoms with Gasteiger partial charge in [-0.1, -0.05) is 30.3 Å². The predicted molar refractivity (Wildman–Crippen MR) is 76.9 cm³/mol. The molecule has 19 heavy (non-hydrogen) atoms. The van der Waals surface area contributed by atoms with E-state index in [1.54, 1.807) is 24.3 Å². The second kappa shape index (κ2) is 5.80. The lowest BCUT2D eigenvalue weighted by atomic mass is 10.1. The third-order valence-electron chi connectivity index (χ3n) is 2.90. The van der Waals surface area contributed by atoms with Gasteiger partial charge in [-0.05, 0) is 25.5 Å². The minimum absolute atomic E-state index is 0.0266. The molecule has 0 spiro atoms. The maximum absolute atomic E-state index is 11.9. The minimum Gasteiger partial charge on any atom is -0.344 e. The summed E-state index contributed by atoms with van der Waals surface area (Å²) in [7, 11) is 0. The summed E-state index contributed by atoms with van der Waals surface area (Å²) in [5.41, 5.74) is 1.71. The number of rotatable bonds is 4. The molecule has 0 bridgehead atoms. The molecular weight excluding hydrogens is 258 g/mol. The Bertz CT molecular complexity index is 582. The number of ketones is 1. The summed E-state index contributed by atoms with van der Waals surface area (Å²) in [6.07, 6.45) is 0. The van der Waals surface area contributed by atoms with E-state index >= 15 is 0 Å². The van der Waals surface area contributed by atoms with Crippen molar-refractivity contribution in [3.8, 4) is 0 Å². The van der Waals surface area contributed by atoms with E-state index in [2.05, 4.69) is 5.32 Å². The van der Waals surface area contributed by atoms with E-state index in [1.807, 2.05) is 26.0 Å². The molecule has 3 nitrogen and oxygen atoms in total. The molecule has 1 heterocycles. The molecule has 1 aromatic carbocycles. The summed E-state index contributed by atoms with van der Waals surface area (Å²) in [5, 5.41) is 2.66. The molecule has 0 aliphatic rings. The first-order valence-corrected chi connectivity index (χ1v) is 6.83. The van der Waals surface area contributed by atoms with Gasteiger partial charge in [0.15, 0.2) is 5.78 Å². The molecule has 2 rings (SSSR count). The van der Waals surface area contributed by atoms with E-state index in [0.717, 1.165) is 10.4 Å². The van der Waals surface area contributed by atoms with Gasteiger partial charge in [-0.25, -0.2) is 0 Å². The van der Waals surface area contributed by atoms with Crippen molar-refractivity contribution in [3.63, 3.8) is 0 Å². The van der Waals surface area contributed by atoms with Crippen LogP contribution in [-0.2, 0) is 0 Å². The Morgan fingerprint density at radius 2 is 1.84 bits per heavy atom. The second-order valence-corrected chi connectivity index (χ2v) is 5.58. The Morgan fingerprint density at radius 1 is 1.16 bits per heavy atom. The largest absolute Gasteiger partial charge is 0.344 e. The van der Waals surface area contributed by atoms with Gasteiger partial charge in [0, 0.05) is 10.4 Å². The molecule has 1 N–H and O–H groups in total. The van der Waals surface area contributed by atoms with Gasteiger partial charge in [-0.2, -0.15) is 0 Å². The van der Waals surface area contributed by atoms with Crippen molar-refractivity contribution in [2.45, 2.75) is 13.8 Å². The number of hydrogen-bond donors (Lipinski definition) is 1. The van der Waals surface area contributed by atoms with Gasteiger partial charge >= 0.3 is 0 Å². The smallest absolute Gasteiger partial charge is 0.261 e. The Balaban J connectivity index is 1.96. The highest BCUT2D eigenvalue weighted by molar-refractivity contribution is 7.14. The fourth-order valence-electron chi connectivity index (χ4n) is 1.66. The number of benzene rings is 1. The van der Waals surface area contributed by atoms with Crippen molar-refractivity contribution < 1.29 is 9.59 Å². The van der Waals surface area contributed by atoms with E-state index in [0.29, 0.717) is 10.4 Å². The summed E-state index contributed by atoms with van der Waals surface area (Å²) in [6, 6.07) is 10.8. The maximum Gasteiger partial charge on any atom is 0.261 e. The monoisotopic (exact) mass is 273 g/mol. The zero-order valence-corrected chi connectivity index (χ0v) is 11.7. The molecule has 0 atom stereocenters. The second-order valence-electron chi connectivity index (χ2n) is 4.32. The molecule has 0 unspecified atom stereocenters. The molecule has 0 saturated heterocycles. The molecule has 1 amide bonds. The van der Waals surface area contributed by atoms with Gasteiger partial charge in [0.1, 0.15) is 0 Å². The SMILES string of the molecule is Cc1cc(C(=O)NCC(=O)c2ccccc2)sc1C. The summed E-state index contributed by atoms with van der Waals surface area (Å²) >= 11 is 1.45. The first kappa shape index (κ1) is 13.5. The van der Waals surface area contributed by atoms with E-state index < -0.39 is 0 Å². The van der Waals surface area contributed by atoms with Crippen molar-refractivity contribution in [2.24, 2.45) is 0 Å². The number of hydrogen-bond acceptors (Lipinski definition) is 3. The number of carbonyl (C=O) groups excluding carboxylic acids is 2. The van der Waals surface area contributed by atoms with Gasteiger partial charge in [0.05, 0.1) is 11.4 Å². The first-order chi connectivity index (χ1) is 9.08. The lowest BCUT2D eigenvalue weighted by Gasteiger charge is -2.03. The molecule has 0 radical (unpaired) electrons. The number of carbonyl (C=O) groups is 2. The topological polar surface area (TPSA) is 46.2 Å². The van der Waals surface area contributed by atoms with Crippen LogP contribution in [-0.4, -0.2) is 18.2 Å². The van der Waals surface area contributed by atoms with Gasteiger partial charge in [-0.15, -0.1) is 11.3 Å². The minimum atomic E-state index is -0.189. The van der Waals surface area contributed by atoms with Crippen molar-refractivity contribution >= 4 is 23.0 Å². The van der Waals surface area contributed by atoms with Crippen LogP contribution in [0.1, 0.15) is 30.5 Å². The van der Waals surface area contributed by atoms with Crippen LogP contribution in [0, 0.1) is 13.8 Å². The third kappa shape index (κ3) is 3.29. The van der Waals surface area contributed by atoms with E-state index in [-0.39, 0.29) is 18.2 Å². The van der Waals surface area contributed by atoms with Crippen molar-refractivity contribution in [1.82, 2.24) is 5.32 Å². The van der Waals surface area contributed by atoms with Crippen LogP contribution in [0.5, 0.6) is 0 Å². The maximum atomic E-state index is 11.9. The van der Waals surface area contributed by atoms with Gasteiger partial charge in [0.25, 0.3) is 5.91 Å². The Morgan fingerprint density at radius 3 is 2.42 bits per heavy atom. The highest BCUT2D eigenvalue weighted by Gasteiger charge is 2.12. The summed E-state index contributed by atoms with van der Waals surface area (Å²) in [4.78, 5) is 25.5. The van der Waals surface area contributed by atoms with Crippen LogP contribution in [0.2, 0.25) is 0 Å². The fraction of sp³-hybridized carbons (Fsp3) is 0.200. The molecule has 2 aromatic rings. The zero-order valence-electron chi connectivity index (χ0n) is 10.9.